The summed E-state index contributed by atoms with van der Waals surface area (Å²) in [6, 6.07) is 6.23. The lowest BCUT2D eigenvalue weighted by molar-refractivity contribution is -0.123. The lowest BCUT2D eigenvalue weighted by atomic mass is 10.2. The maximum absolute atomic E-state index is 12.6. The summed E-state index contributed by atoms with van der Waals surface area (Å²) in [7, 11) is 0. The molecule has 2 saturated carbocycles. The molecule has 2 atom stereocenters. The van der Waals surface area contributed by atoms with Gasteiger partial charge in [0.05, 0.1) is 36.3 Å². The number of benzene rings is 1. The molecule has 146 valence electrons. The van der Waals surface area contributed by atoms with Crippen molar-refractivity contribution in [3.05, 3.63) is 24.3 Å². The second kappa shape index (κ2) is 6.49. The summed E-state index contributed by atoms with van der Waals surface area (Å²) in [6.07, 6.45) is 4.49. The van der Waals surface area contributed by atoms with E-state index in [0.717, 1.165) is 25.7 Å². The zero-order chi connectivity index (χ0) is 19.4. The minimum Gasteiger partial charge on any atom is -0.303 e. The van der Waals surface area contributed by atoms with Crippen molar-refractivity contribution in [3.8, 4) is 0 Å². The molecule has 8 heteroatoms. The van der Waals surface area contributed by atoms with Gasteiger partial charge in [0.25, 0.3) is 11.8 Å². The predicted octanol–water partition coefficient (Wildman–Crippen LogP) is 0.454. The number of nitrogens with zero attached hydrogens (tertiary/aromatic N) is 2. The van der Waals surface area contributed by atoms with Crippen molar-refractivity contribution in [1.82, 2.24) is 10.6 Å². The fraction of sp³-hybridized carbons (Fsp3) is 0.500. The third kappa shape index (κ3) is 3.12. The molecule has 2 aliphatic carbocycles. The first-order valence-electron chi connectivity index (χ1n) is 9.87. The molecule has 28 heavy (non-hydrogen) atoms. The molecule has 0 aromatic heterocycles. The summed E-state index contributed by atoms with van der Waals surface area (Å²) >= 11 is 0. The fourth-order valence-electron chi connectivity index (χ4n) is 3.89. The van der Waals surface area contributed by atoms with Gasteiger partial charge in [0.15, 0.2) is 0 Å². The van der Waals surface area contributed by atoms with Gasteiger partial charge in [-0.3, -0.25) is 19.2 Å². The van der Waals surface area contributed by atoms with Gasteiger partial charge in [0, 0.05) is 12.1 Å². The summed E-state index contributed by atoms with van der Waals surface area (Å²) in [6.45, 7) is 0. The van der Waals surface area contributed by atoms with Crippen LogP contribution in [-0.2, 0) is 19.2 Å². The number of amides is 4. The van der Waals surface area contributed by atoms with E-state index in [9.17, 15) is 19.2 Å². The molecule has 2 N–H and O–H groups in total. The number of hydrogen-bond acceptors (Lipinski definition) is 6. The quantitative estimate of drug-likeness (QED) is 0.694. The molecule has 5 rings (SSSR count). The maximum atomic E-state index is 12.6. The monoisotopic (exact) mass is 382 g/mol. The molecule has 2 saturated heterocycles. The average Bonchev–Trinajstić information content (AvgIpc) is 3.57. The number of hydrogen-bond donors (Lipinski definition) is 2. The fourth-order valence-corrected chi connectivity index (χ4v) is 3.89. The van der Waals surface area contributed by atoms with Crippen molar-refractivity contribution >= 4 is 35.0 Å². The Morgan fingerprint density at radius 3 is 1.32 bits per heavy atom. The van der Waals surface area contributed by atoms with Crippen LogP contribution in [-0.4, -0.2) is 47.8 Å². The second-order valence-corrected chi connectivity index (χ2v) is 8.05. The highest BCUT2D eigenvalue weighted by Crippen LogP contribution is 2.30. The second-order valence-electron chi connectivity index (χ2n) is 8.05. The number of imide groups is 2. The van der Waals surface area contributed by atoms with Crippen LogP contribution in [0.4, 0.5) is 11.4 Å². The SMILES string of the molecule is O=C1CC(NC2CC2)C(=O)N1c1ccc(N2C(=O)CC(NC3CC3)C2=O)cc1. The van der Waals surface area contributed by atoms with E-state index in [0.29, 0.717) is 23.5 Å². The van der Waals surface area contributed by atoms with Crippen molar-refractivity contribution in [1.29, 1.82) is 0 Å². The number of anilines is 2. The van der Waals surface area contributed by atoms with Crippen LogP contribution in [0.15, 0.2) is 24.3 Å². The van der Waals surface area contributed by atoms with E-state index in [4.69, 9.17) is 0 Å². The zero-order valence-corrected chi connectivity index (χ0v) is 15.4. The zero-order valence-electron chi connectivity index (χ0n) is 15.4. The third-order valence-corrected chi connectivity index (χ3v) is 5.69. The summed E-state index contributed by atoms with van der Waals surface area (Å²) in [4.78, 5) is 52.2. The maximum Gasteiger partial charge on any atom is 0.251 e. The largest absolute Gasteiger partial charge is 0.303 e. The number of nitrogens with one attached hydrogen (secondary N) is 2. The number of carbonyl (C=O) groups is 4. The Morgan fingerprint density at radius 1 is 0.643 bits per heavy atom. The lowest BCUT2D eigenvalue weighted by Crippen LogP contribution is -2.40. The van der Waals surface area contributed by atoms with Crippen LogP contribution >= 0.6 is 0 Å². The van der Waals surface area contributed by atoms with Gasteiger partial charge in [-0.15, -0.1) is 0 Å². The van der Waals surface area contributed by atoms with Crippen molar-refractivity contribution in [3.63, 3.8) is 0 Å². The van der Waals surface area contributed by atoms with E-state index in [-0.39, 0.29) is 36.5 Å². The van der Waals surface area contributed by atoms with Crippen LogP contribution in [0.25, 0.3) is 0 Å². The highest BCUT2D eigenvalue weighted by molar-refractivity contribution is 6.24. The van der Waals surface area contributed by atoms with Crippen LogP contribution in [0.1, 0.15) is 38.5 Å². The summed E-state index contributed by atoms with van der Waals surface area (Å²) < 4.78 is 0. The van der Waals surface area contributed by atoms with Crippen LogP contribution in [0.3, 0.4) is 0 Å². The van der Waals surface area contributed by atoms with Gasteiger partial charge in [-0.05, 0) is 49.9 Å². The van der Waals surface area contributed by atoms with Crippen LogP contribution in [0, 0.1) is 0 Å². The molecule has 4 aliphatic rings. The molecule has 0 spiro atoms. The molecule has 4 fully saturated rings. The molecule has 2 unspecified atom stereocenters. The third-order valence-electron chi connectivity index (χ3n) is 5.69. The van der Waals surface area contributed by atoms with E-state index in [1.165, 1.54) is 9.80 Å². The van der Waals surface area contributed by atoms with E-state index >= 15 is 0 Å². The van der Waals surface area contributed by atoms with Crippen LogP contribution < -0.4 is 20.4 Å². The average molecular weight is 382 g/mol. The molecule has 0 bridgehead atoms. The summed E-state index contributed by atoms with van der Waals surface area (Å²) in [5.74, 6) is -0.964. The van der Waals surface area contributed by atoms with Crippen molar-refractivity contribution in [2.45, 2.75) is 62.7 Å². The Kier molecular flexibility index (Phi) is 4.06. The van der Waals surface area contributed by atoms with Gasteiger partial charge in [0.1, 0.15) is 0 Å². The van der Waals surface area contributed by atoms with Gasteiger partial charge in [-0.1, -0.05) is 0 Å². The smallest absolute Gasteiger partial charge is 0.251 e. The van der Waals surface area contributed by atoms with Gasteiger partial charge in [-0.25, -0.2) is 9.80 Å². The van der Waals surface area contributed by atoms with Crippen LogP contribution in [0.5, 0.6) is 0 Å². The first kappa shape index (κ1) is 17.5. The van der Waals surface area contributed by atoms with E-state index in [1.54, 1.807) is 24.3 Å². The molecule has 1 aromatic rings. The lowest BCUT2D eigenvalue weighted by Gasteiger charge is -2.19. The van der Waals surface area contributed by atoms with Crippen molar-refractivity contribution in [2.24, 2.45) is 0 Å². The minimum atomic E-state index is -0.462. The van der Waals surface area contributed by atoms with E-state index in [2.05, 4.69) is 10.6 Å². The standard InChI is InChI=1S/C20H22N4O4/c25-17-9-15(21-11-1-2-11)19(27)23(17)13-5-7-14(8-6-13)24-18(26)10-16(20(24)28)22-12-3-4-12/h5-8,11-12,15-16,21-22H,1-4,9-10H2. The molecule has 4 amide bonds. The Balaban J connectivity index is 1.31. The Morgan fingerprint density at radius 2 is 1.00 bits per heavy atom. The van der Waals surface area contributed by atoms with E-state index < -0.39 is 12.1 Å². The Labute approximate surface area is 162 Å². The molecule has 8 nitrogen and oxygen atoms in total. The number of carbonyl (C=O) groups excluding carboxylic acids is 4. The van der Waals surface area contributed by atoms with Crippen LogP contribution in [0.2, 0.25) is 0 Å². The normalized spacial score (nSPS) is 28.0. The predicted molar refractivity (Wildman–Crippen MR) is 101 cm³/mol. The summed E-state index contributed by atoms with van der Waals surface area (Å²) in [5.41, 5.74) is 0.927. The van der Waals surface area contributed by atoms with Gasteiger partial charge in [0.2, 0.25) is 11.8 Å². The molecular weight excluding hydrogens is 360 g/mol. The topological polar surface area (TPSA) is 98.8 Å². The Bertz CT molecular complexity index is 788. The highest BCUT2D eigenvalue weighted by atomic mass is 16.2. The van der Waals surface area contributed by atoms with Gasteiger partial charge in [-0.2, -0.15) is 0 Å². The molecule has 0 radical (unpaired) electrons. The highest BCUT2D eigenvalue weighted by Gasteiger charge is 2.43. The van der Waals surface area contributed by atoms with Gasteiger partial charge < -0.3 is 10.6 Å². The van der Waals surface area contributed by atoms with Crippen molar-refractivity contribution in [2.75, 3.05) is 9.80 Å². The number of rotatable bonds is 6. The Hall–Kier alpha value is -2.58. The molecule has 2 aliphatic heterocycles. The molecule has 1 aromatic carbocycles. The first-order valence-corrected chi connectivity index (χ1v) is 9.87. The summed E-state index contributed by atoms with van der Waals surface area (Å²) in [5, 5.41) is 6.42. The first-order chi connectivity index (χ1) is 13.5. The van der Waals surface area contributed by atoms with Crippen molar-refractivity contribution < 1.29 is 19.2 Å². The molecule has 2 heterocycles. The molecular formula is C20H22N4O4. The van der Waals surface area contributed by atoms with E-state index in [1.807, 2.05) is 0 Å². The minimum absolute atomic E-state index is 0.161. The van der Waals surface area contributed by atoms with Gasteiger partial charge >= 0.3 is 0 Å².